The number of methoxy groups -OCH3 is 1. The fraction of sp³-hybridized carbons (Fsp3) is 0.583. The van der Waals surface area contributed by atoms with E-state index in [4.69, 9.17) is 19.3 Å². The molecule has 7 heteroatoms. The SMILES string of the molecule is COc1cccc2c1C(CCCCC(=O)O)=CC1(CCN(C(=O)OC(C)(C)C)CC1)O2. The summed E-state index contributed by atoms with van der Waals surface area (Å²) in [4.78, 5) is 25.0. The van der Waals surface area contributed by atoms with E-state index in [0.29, 0.717) is 32.4 Å². The lowest BCUT2D eigenvalue weighted by molar-refractivity contribution is -0.137. The van der Waals surface area contributed by atoms with Crippen LogP contribution < -0.4 is 9.47 Å². The number of piperidine rings is 1. The molecule has 0 aromatic heterocycles. The zero-order valence-electron chi connectivity index (χ0n) is 18.9. The number of carbonyl (C=O) groups excluding carboxylic acids is 1. The molecule has 1 fully saturated rings. The molecule has 2 heterocycles. The summed E-state index contributed by atoms with van der Waals surface area (Å²) in [7, 11) is 1.64. The standard InChI is InChI=1S/C24H33NO6/c1-23(2,3)31-22(28)25-14-12-24(13-15-25)16-17(8-5-6-11-20(26)27)21-18(29-4)9-7-10-19(21)30-24/h7,9-10,16H,5-6,8,11-15H2,1-4H3,(H,26,27). The average Bonchev–Trinajstić information content (AvgIpc) is 2.69. The van der Waals surface area contributed by atoms with E-state index in [2.05, 4.69) is 6.08 Å². The van der Waals surface area contributed by atoms with Gasteiger partial charge in [0.05, 0.1) is 12.7 Å². The highest BCUT2D eigenvalue weighted by Gasteiger charge is 2.41. The van der Waals surface area contributed by atoms with Crippen molar-refractivity contribution in [3.8, 4) is 11.5 Å². The smallest absolute Gasteiger partial charge is 0.410 e. The molecule has 0 saturated carbocycles. The van der Waals surface area contributed by atoms with E-state index in [-0.39, 0.29) is 12.5 Å². The monoisotopic (exact) mass is 431 g/mol. The Balaban J connectivity index is 1.78. The molecular weight excluding hydrogens is 398 g/mol. The van der Waals surface area contributed by atoms with Crippen molar-refractivity contribution in [1.82, 2.24) is 4.90 Å². The van der Waals surface area contributed by atoms with Crippen LogP contribution in [0.5, 0.6) is 11.5 Å². The minimum absolute atomic E-state index is 0.165. The van der Waals surface area contributed by atoms with Crippen molar-refractivity contribution in [2.24, 2.45) is 0 Å². The zero-order valence-corrected chi connectivity index (χ0v) is 18.9. The Bertz CT molecular complexity index is 846. The maximum absolute atomic E-state index is 12.4. The minimum atomic E-state index is -0.773. The van der Waals surface area contributed by atoms with Gasteiger partial charge in [0.2, 0.25) is 0 Å². The van der Waals surface area contributed by atoms with Gasteiger partial charge in [-0.25, -0.2) is 4.79 Å². The fourth-order valence-corrected chi connectivity index (χ4v) is 4.15. The number of nitrogens with zero attached hydrogens (tertiary/aromatic N) is 1. The van der Waals surface area contributed by atoms with Crippen molar-refractivity contribution >= 4 is 17.6 Å². The van der Waals surface area contributed by atoms with Crippen LogP contribution in [0.2, 0.25) is 0 Å². The molecule has 1 amide bonds. The number of likely N-dealkylation sites (tertiary alicyclic amines) is 1. The highest BCUT2D eigenvalue weighted by Crippen LogP contribution is 2.46. The quantitative estimate of drug-likeness (QED) is 0.646. The summed E-state index contributed by atoms with van der Waals surface area (Å²) in [6, 6.07) is 5.77. The van der Waals surface area contributed by atoms with Crippen molar-refractivity contribution < 1.29 is 28.9 Å². The van der Waals surface area contributed by atoms with Crippen molar-refractivity contribution in [3.63, 3.8) is 0 Å². The van der Waals surface area contributed by atoms with Gasteiger partial charge in [-0.15, -0.1) is 0 Å². The topological polar surface area (TPSA) is 85.3 Å². The first kappa shape index (κ1) is 23.0. The van der Waals surface area contributed by atoms with Crippen molar-refractivity contribution in [3.05, 3.63) is 29.8 Å². The van der Waals surface area contributed by atoms with E-state index in [0.717, 1.165) is 35.5 Å². The number of fused-ring (bicyclic) bond motifs is 1. The average molecular weight is 432 g/mol. The van der Waals surface area contributed by atoms with Crippen LogP contribution in [0.1, 0.15) is 64.9 Å². The lowest BCUT2D eigenvalue weighted by Crippen LogP contribution is -2.50. The Kier molecular flexibility index (Phi) is 6.82. The summed E-state index contributed by atoms with van der Waals surface area (Å²) >= 11 is 0. The van der Waals surface area contributed by atoms with Gasteiger partial charge in [-0.3, -0.25) is 4.79 Å². The summed E-state index contributed by atoms with van der Waals surface area (Å²) in [5, 5.41) is 8.93. The Labute approximate surface area is 184 Å². The number of benzene rings is 1. The van der Waals surface area contributed by atoms with E-state index in [1.807, 2.05) is 39.0 Å². The normalized spacial score (nSPS) is 17.4. The molecule has 3 rings (SSSR count). The number of rotatable bonds is 6. The Morgan fingerprint density at radius 2 is 1.90 bits per heavy atom. The van der Waals surface area contributed by atoms with Gasteiger partial charge in [0.15, 0.2) is 0 Å². The number of unbranched alkanes of at least 4 members (excludes halogenated alkanes) is 1. The lowest BCUT2D eigenvalue weighted by Gasteiger charge is -2.43. The van der Waals surface area contributed by atoms with Gasteiger partial charge < -0.3 is 24.2 Å². The number of hydrogen-bond donors (Lipinski definition) is 1. The van der Waals surface area contributed by atoms with Crippen molar-refractivity contribution in [1.29, 1.82) is 0 Å². The number of allylic oxidation sites excluding steroid dienone is 1. The molecule has 1 spiro atoms. The Morgan fingerprint density at radius 1 is 1.19 bits per heavy atom. The van der Waals surface area contributed by atoms with Crippen LogP contribution in [-0.2, 0) is 9.53 Å². The number of ether oxygens (including phenoxy) is 3. The summed E-state index contributed by atoms with van der Waals surface area (Å²) in [5.41, 5.74) is 1.06. The molecule has 0 radical (unpaired) electrons. The maximum Gasteiger partial charge on any atom is 0.410 e. The predicted octanol–water partition coefficient (Wildman–Crippen LogP) is 4.89. The van der Waals surface area contributed by atoms with Crippen LogP contribution in [0.3, 0.4) is 0 Å². The van der Waals surface area contributed by atoms with E-state index < -0.39 is 17.2 Å². The summed E-state index contributed by atoms with van der Waals surface area (Å²) in [6.07, 6.45) is 5.53. The third-order valence-electron chi connectivity index (χ3n) is 5.63. The van der Waals surface area contributed by atoms with Crippen molar-refractivity contribution in [2.45, 2.75) is 70.5 Å². The third kappa shape index (κ3) is 5.71. The molecule has 0 bridgehead atoms. The second kappa shape index (κ2) is 9.20. The van der Waals surface area contributed by atoms with Gasteiger partial charge in [-0.05, 0) is 63.8 Å². The molecule has 2 aliphatic rings. The van der Waals surface area contributed by atoms with E-state index >= 15 is 0 Å². The number of hydrogen-bond acceptors (Lipinski definition) is 5. The Morgan fingerprint density at radius 3 is 2.52 bits per heavy atom. The van der Waals surface area contributed by atoms with Gasteiger partial charge in [0, 0.05) is 32.4 Å². The molecule has 31 heavy (non-hydrogen) atoms. The number of carbonyl (C=O) groups is 2. The highest BCUT2D eigenvalue weighted by atomic mass is 16.6. The zero-order chi connectivity index (χ0) is 22.6. The van der Waals surface area contributed by atoms with Crippen LogP contribution in [0.4, 0.5) is 4.79 Å². The predicted molar refractivity (Wildman–Crippen MR) is 117 cm³/mol. The first-order valence-electron chi connectivity index (χ1n) is 10.9. The molecule has 0 atom stereocenters. The minimum Gasteiger partial charge on any atom is -0.496 e. The van der Waals surface area contributed by atoms with Gasteiger partial charge >= 0.3 is 12.1 Å². The molecule has 1 N–H and O–H groups in total. The van der Waals surface area contributed by atoms with Gasteiger partial charge in [-0.2, -0.15) is 0 Å². The fourth-order valence-electron chi connectivity index (χ4n) is 4.15. The van der Waals surface area contributed by atoms with Gasteiger partial charge in [0.25, 0.3) is 0 Å². The van der Waals surface area contributed by atoms with Gasteiger partial charge in [0.1, 0.15) is 22.7 Å². The number of amides is 1. The number of aliphatic carboxylic acids is 1. The van der Waals surface area contributed by atoms with E-state index in [1.165, 1.54) is 0 Å². The second-order valence-corrected chi connectivity index (χ2v) is 9.24. The first-order chi connectivity index (χ1) is 14.6. The molecule has 1 saturated heterocycles. The summed E-state index contributed by atoms with van der Waals surface area (Å²) < 4.78 is 17.6. The van der Waals surface area contributed by atoms with Crippen LogP contribution in [0, 0.1) is 0 Å². The van der Waals surface area contributed by atoms with Crippen LogP contribution in [0.25, 0.3) is 5.57 Å². The summed E-state index contributed by atoms with van der Waals surface area (Å²) in [5.74, 6) is 0.758. The molecule has 0 unspecified atom stereocenters. The molecule has 7 nitrogen and oxygen atoms in total. The Hall–Kier alpha value is -2.70. The largest absolute Gasteiger partial charge is 0.496 e. The van der Waals surface area contributed by atoms with E-state index in [1.54, 1.807) is 12.0 Å². The van der Waals surface area contributed by atoms with Crippen LogP contribution >= 0.6 is 0 Å². The van der Waals surface area contributed by atoms with Crippen molar-refractivity contribution in [2.75, 3.05) is 20.2 Å². The first-order valence-corrected chi connectivity index (χ1v) is 10.9. The van der Waals surface area contributed by atoms with Crippen LogP contribution in [-0.4, -0.2) is 53.5 Å². The molecule has 0 aliphatic carbocycles. The lowest BCUT2D eigenvalue weighted by atomic mass is 9.83. The highest BCUT2D eigenvalue weighted by molar-refractivity contribution is 5.78. The molecule has 1 aromatic carbocycles. The molecule has 170 valence electrons. The van der Waals surface area contributed by atoms with Gasteiger partial charge in [-0.1, -0.05) is 6.07 Å². The number of carboxylic acids is 1. The molecular formula is C24H33NO6. The second-order valence-electron chi connectivity index (χ2n) is 9.24. The van der Waals surface area contributed by atoms with E-state index in [9.17, 15) is 9.59 Å². The molecule has 1 aromatic rings. The molecule has 2 aliphatic heterocycles. The maximum atomic E-state index is 12.4. The number of carboxylic acid groups (broad SMARTS) is 1. The van der Waals surface area contributed by atoms with Crippen LogP contribution in [0.15, 0.2) is 24.3 Å². The summed E-state index contributed by atoms with van der Waals surface area (Å²) in [6.45, 7) is 6.70. The third-order valence-corrected chi connectivity index (χ3v) is 5.63.